The molecule has 2 aromatic carbocycles. The number of nitrogens with one attached hydrogen (secondary N) is 1. The molecule has 0 spiro atoms. The van der Waals surface area contributed by atoms with Gasteiger partial charge in [-0.1, -0.05) is 29.4 Å². The molecule has 0 aliphatic heterocycles. The lowest BCUT2D eigenvalue weighted by atomic mass is 10.1. The second-order valence-electron chi connectivity index (χ2n) is 5.26. The van der Waals surface area contributed by atoms with Crippen molar-refractivity contribution in [1.29, 1.82) is 0 Å². The molecule has 0 bridgehead atoms. The number of oxime groups is 1. The highest BCUT2D eigenvalue weighted by molar-refractivity contribution is 7.89. The summed E-state index contributed by atoms with van der Waals surface area (Å²) in [6.07, 6.45) is 0.0902. The van der Waals surface area contributed by atoms with E-state index in [-0.39, 0.29) is 29.3 Å². The largest absolute Gasteiger partial charge is 0.508 e. The Balaban J connectivity index is 1.97. The van der Waals surface area contributed by atoms with E-state index in [1.54, 1.807) is 12.1 Å². The van der Waals surface area contributed by atoms with Crippen LogP contribution in [0.5, 0.6) is 5.75 Å². The molecule has 2 aromatic rings. The molecule has 0 aromatic heterocycles. The molecule has 1 amide bonds. The van der Waals surface area contributed by atoms with Crippen LogP contribution >= 0.6 is 0 Å². The van der Waals surface area contributed by atoms with Gasteiger partial charge in [0.15, 0.2) is 0 Å². The summed E-state index contributed by atoms with van der Waals surface area (Å²) >= 11 is 0. The van der Waals surface area contributed by atoms with E-state index >= 15 is 0 Å². The van der Waals surface area contributed by atoms with E-state index in [9.17, 15) is 18.3 Å². The van der Waals surface area contributed by atoms with Gasteiger partial charge in [0, 0.05) is 13.0 Å². The first-order valence-corrected chi connectivity index (χ1v) is 8.73. The third-order valence-corrected chi connectivity index (χ3v) is 4.32. The Hall–Kier alpha value is -2.91. The highest BCUT2D eigenvalue weighted by atomic mass is 32.2. The number of nitrogens with two attached hydrogens (primary N) is 1. The molecule has 5 N–H and O–H groups in total. The number of phenolic OH excluding ortho intramolecular Hbond substituents is 1. The van der Waals surface area contributed by atoms with Gasteiger partial charge in [0.1, 0.15) is 11.5 Å². The number of hydrogen-bond donors (Lipinski definition) is 4. The van der Waals surface area contributed by atoms with Crippen LogP contribution in [0.15, 0.2) is 58.6 Å². The van der Waals surface area contributed by atoms with Crippen LogP contribution < -0.4 is 10.5 Å². The molecule has 0 unspecified atom stereocenters. The zero-order chi connectivity index (χ0) is 18.4. The number of rotatable bonds is 6. The Labute approximate surface area is 144 Å². The van der Waals surface area contributed by atoms with Gasteiger partial charge in [0.25, 0.3) is 5.91 Å². The van der Waals surface area contributed by atoms with Crippen LogP contribution in [0.25, 0.3) is 0 Å². The quantitative estimate of drug-likeness (QED) is 0.340. The predicted molar refractivity (Wildman–Crippen MR) is 90.7 cm³/mol. The zero-order valence-electron chi connectivity index (χ0n) is 13.1. The summed E-state index contributed by atoms with van der Waals surface area (Å²) in [7, 11) is -3.76. The molecule has 2 rings (SSSR count). The van der Waals surface area contributed by atoms with E-state index < -0.39 is 15.9 Å². The van der Waals surface area contributed by atoms with Crippen LogP contribution in [-0.2, 0) is 27.8 Å². The number of aromatic hydroxyl groups is 1. The van der Waals surface area contributed by atoms with Crippen LogP contribution in [-0.4, -0.2) is 30.4 Å². The molecule has 0 saturated heterocycles. The summed E-state index contributed by atoms with van der Waals surface area (Å²) in [5.74, 6) is -0.468. The molecule has 0 atom stereocenters. The standard InChI is InChI=1S/C16H17N3O5S/c17-25(23,24)14-7-3-12(4-8-14)10-18-16(21)15(19-22)9-11-1-5-13(20)6-2-11/h1-8,20,22H,9-10H2,(H,18,21)(H2,17,23,24)/b19-15+. The van der Waals surface area contributed by atoms with E-state index in [2.05, 4.69) is 10.5 Å². The number of nitrogens with zero attached hydrogens (tertiary/aromatic N) is 1. The third kappa shape index (κ3) is 5.30. The smallest absolute Gasteiger partial charge is 0.269 e. The van der Waals surface area contributed by atoms with Crippen LogP contribution in [0, 0.1) is 0 Å². The van der Waals surface area contributed by atoms with Crippen LogP contribution in [0.1, 0.15) is 11.1 Å². The van der Waals surface area contributed by atoms with E-state index in [1.165, 1.54) is 36.4 Å². The number of phenols is 1. The fourth-order valence-corrected chi connectivity index (χ4v) is 2.56. The lowest BCUT2D eigenvalue weighted by Crippen LogP contribution is -2.32. The lowest BCUT2D eigenvalue weighted by molar-refractivity contribution is -0.115. The summed E-state index contributed by atoms with van der Waals surface area (Å²) in [6, 6.07) is 11.9. The van der Waals surface area contributed by atoms with E-state index in [4.69, 9.17) is 10.3 Å². The number of benzene rings is 2. The highest BCUT2D eigenvalue weighted by Crippen LogP contribution is 2.11. The molecule has 0 radical (unpaired) electrons. The number of sulfonamides is 1. The zero-order valence-corrected chi connectivity index (χ0v) is 13.9. The van der Waals surface area contributed by atoms with Gasteiger partial charge in [-0.25, -0.2) is 13.6 Å². The number of amides is 1. The van der Waals surface area contributed by atoms with Gasteiger partial charge in [-0.15, -0.1) is 0 Å². The molecule has 0 saturated carbocycles. The molecular formula is C16H17N3O5S. The Kier molecular flexibility index (Phi) is 5.73. The second-order valence-corrected chi connectivity index (χ2v) is 6.82. The van der Waals surface area contributed by atoms with Crippen molar-refractivity contribution in [3.63, 3.8) is 0 Å². The molecule has 0 aliphatic rings. The molecule has 132 valence electrons. The van der Waals surface area contributed by atoms with Crippen molar-refractivity contribution in [2.24, 2.45) is 10.3 Å². The second kappa shape index (κ2) is 7.77. The van der Waals surface area contributed by atoms with Gasteiger partial charge in [-0.05, 0) is 35.4 Å². The SMILES string of the molecule is NS(=O)(=O)c1ccc(CNC(=O)/C(Cc2ccc(O)cc2)=N/O)cc1. The Morgan fingerprint density at radius 1 is 1.04 bits per heavy atom. The van der Waals surface area contributed by atoms with Gasteiger partial charge in [0.05, 0.1) is 4.90 Å². The topological polar surface area (TPSA) is 142 Å². The minimum absolute atomic E-state index is 0.0208. The van der Waals surface area contributed by atoms with Crippen molar-refractivity contribution >= 4 is 21.6 Å². The third-order valence-electron chi connectivity index (χ3n) is 3.40. The number of hydrogen-bond acceptors (Lipinski definition) is 6. The Morgan fingerprint density at radius 3 is 2.12 bits per heavy atom. The molecular weight excluding hydrogens is 346 g/mol. The number of carbonyl (C=O) groups excluding carboxylic acids is 1. The number of carbonyl (C=O) groups is 1. The van der Waals surface area contributed by atoms with Crippen LogP contribution in [0.3, 0.4) is 0 Å². The maximum absolute atomic E-state index is 12.1. The van der Waals surface area contributed by atoms with Crippen LogP contribution in [0.2, 0.25) is 0 Å². The lowest BCUT2D eigenvalue weighted by Gasteiger charge is -2.08. The summed E-state index contributed by atoms with van der Waals surface area (Å²) in [5.41, 5.74) is 1.26. The van der Waals surface area contributed by atoms with Crippen molar-refractivity contribution in [3.8, 4) is 5.75 Å². The highest BCUT2D eigenvalue weighted by Gasteiger charge is 2.13. The van der Waals surface area contributed by atoms with Gasteiger partial charge >= 0.3 is 0 Å². The van der Waals surface area contributed by atoms with E-state index in [0.29, 0.717) is 11.1 Å². The molecule has 25 heavy (non-hydrogen) atoms. The first kappa shape index (κ1) is 18.4. The maximum Gasteiger partial charge on any atom is 0.269 e. The van der Waals surface area contributed by atoms with Crippen molar-refractivity contribution in [1.82, 2.24) is 5.32 Å². The molecule has 0 fully saturated rings. The normalized spacial score (nSPS) is 12.0. The minimum Gasteiger partial charge on any atom is -0.508 e. The fourth-order valence-electron chi connectivity index (χ4n) is 2.05. The predicted octanol–water partition coefficient (Wildman–Crippen LogP) is 0.729. The van der Waals surface area contributed by atoms with Gasteiger partial charge in [-0.2, -0.15) is 0 Å². The van der Waals surface area contributed by atoms with E-state index in [0.717, 1.165) is 0 Å². The summed E-state index contributed by atoms with van der Waals surface area (Å²) in [4.78, 5) is 12.1. The molecule has 0 aliphatic carbocycles. The van der Waals surface area contributed by atoms with Crippen molar-refractivity contribution < 1.29 is 23.5 Å². The fraction of sp³-hybridized carbons (Fsp3) is 0.125. The minimum atomic E-state index is -3.76. The molecule has 9 heteroatoms. The van der Waals surface area contributed by atoms with E-state index in [1.807, 2.05) is 0 Å². The molecule has 0 heterocycles. The first-order valence-electron chi connectivity index (χ1n) is 7.18. The average molecular weight is 363 g/mol. The van der Waals surface area contributed by atoms with Crippen LogP contribution in [0.4, 0.5) is 0 Å². The van der Waals surface area contributed by atoms with Crippen molar-refractivity contribution in [2.45, 2.75) is 17.9 Å². The number of primary sulfonamides is 1. The summed E-state index contributed by atoms with van der Waals surface area (Å²) in [6.45, 7) is 0.123. The molecule has 8 nitrogen and oxygen atoms in total. The van der Waals surface area contributed by atoms with Gasteiger partial charge < -0.3 is 15.6 Å². The maximum atomic E-state index is 12.1. The van der Waals surface area contributed by atoms with Crippen molar-refractivity contribution in [2.75, 3.05) is 0 Å². The average Bonchev–Trinajstić information content (AvgIpc) is 2.58. The first-order chi connectivity index (χ1) is 11.8. The Bertz CT molecular complexity index is 875. The van der Waals surface area contributed by atoms with Gasteiger partial charge in [0.2, 0.25) is 10.0 Å². The monoisotopic (exact) mass is 363 g/mol. The van der Waals surface area contributed by atoms with Gasteiger partial charge in [-0.3, -0.25) is 4.79 Å². The Morgan fingerprint density at radius 2 is 1.60 bits per heavy atom. The van der Waals surface area contributed by atoms with Crippen molar-refractivity contribution in [3.05, 3.63) is 59.7 Å². The summed E-state index contributed by atoms with van der Waals surface area (Å²) in [5, 5.41) is 28.9. The summed E-state index contributed by atoms with van der Waals surface area (Å²) < 4.78 is 22.4.